The van der Waals surface area contributed by atoms with Gasteiger partial charge in [-0.1, -0.05) is 30.3 Å². The van der Waals surface area contributed by atoms with E-state index in [2.05, 4.69) is 4.18 Å². The van der Waals surface area contributed by atoms with Crippen molar-refractivity contribution < 1.29 is 38.9 Å². The van der Waals surface area contributed by atoms with Crippen LogP contribution >= 0.6 is 12.6 Å². The zero-order valence-electron chi connectivity index (χ0n) is 10.2. The Kier molecular flexibility index (Phi) is 4.50. The highest BCUT2D eigenvalue weighted by Crippen LogP contribution is 2.50. The molecule has 0 N–H and O–H groups in total. The smallest absolute Gasteiger partial charge is 0.378 e. The summed E-state index contributed by atoms with van der Waals surface area (Å²) in [6.07, 6.45) is 0. The number of alkyl halides is 6. The average Bonchev–Trinajstić information content (AvgIpc) is 2.30. The lowest BCUT2D eigenvalue weighted by atomic mass is 10.2. The van der Waals surface area contributed by atoms with Gasteiger partial charge < -0.3 is 4.18 Å². The summed E-state index contributed by atoms with van der Waals surface area (Å²) in [4.78, 5) is 0. The lowest BCUT2D eigenvalue weighted by Gasteiger charge is -2.28. The summed E-state index contributed by atoms with van der Waals surface area (Å²) in [7, 11) is -6.38. The van der Waals surface area contributed by atoms with Crippen molar-refractivity contribution in [3.05, 3.63) is 29.8 Å². The molecule has 0 heterocycles. The number of hydrogen-bond acceptors (Lipinski definition) is 4. The summed E-state index contributed by atoms with van der Waals surface area (Å²) >= 11 is 2.02. The second kappa shape index (κ2) is 5.27. The minimum atomic E-state index is -6.38. The van der Waals surface area contributed by atoms with E-state index in [4.69, 9.17) is 0 Å². The molecule has 0 aliphatic carbocycles. The fraction of sp³-hybridized carbons (Fsp3) is 0.400. The van der Waals surface area contributed by atoms with Crippen molar-refractivity contribution in [3.63, 3.8) is 0 Å². The molecule has 1 rings (SSSR count). The summed E-state index contributed by atoms with van der Waals surface area (Å²) < 4.78 is 103. The van der Waals surface area contributed by atoms with Crippen LogP contribution in [0, 0.1) is 6.92 Å². The van der Waals surface area contributed by atoms with Crippen molar-refractivity contribution in [3.8, 4) is 5.75 Å². The molecule has 0 saturated heterocycles. The molecule has 0 bridgehead atoms. The van der Waals surface area contributed by atoms with Gasteiger partial charge >= 0.3 is 26.5 Å². The van der Waals surface area contributed by atoms with Gasteiger partial charge in [-0.15, -0.1) is 0 Å². The molecule has 0 unspecified atom stereocenters. The number of benzene rings is 1. The van der Waals surface area contributed by atoms with Gasteiger partial charge in [-0.3, -0.25) is 0 Å². The Morgan fingerprint density at radius 3 is 1.81 bits per heavy atom. The predicted octanol–water partition coefficient (Wildman–Crippen LogP) is 3.45. The summed E-state index contributed by atoms with van der Waals surface area (Å²) in [6, 6.07) is 4.29. The lowest BCUT2D eigenvalue weighted by molar-refractivity contribution is -0.241. The lowest BCUT2D eigenvalue weighted by Crippen LogP contribution is -2.56. The van der Waals surface area contributed by atoms with Crippen molar-refractivity contribution >= 4 is 22.7 Å². The van der Waals surface area contributed by atoms with Gasteiger partial charge in [-0.05, 0) is 19.1 Å². The summed E-state index contributed by atoms with van der Waals surface area (Å²) in [5.74, 6) is -6.99. The van der Waals surface area contributed by atoms with Crippen molar-refractivity contribution in [2.24, 2.45) is 0 Å². The zero-order chi connectivity index (χ0) is 16.7. The van der Waals surface area contributed by atoms with Crippen LogP contribution in [0.1, 0.15) is 5.56 Å². The fourth-order valence-corrected chi connectivity index (χ4v) is 2.23. The summed E-state index contributed by atoms with van der Waals surface area (Å²) in [5, 5.41) is -11.8. The Labute approximate surface area is 121 Å². The number of halogens is 6. The van der Waals surface area contributed by atoms with E-state index in [1.54, 1.807) is 6.92 Å². The molecule has 11 heteroatoms. The van der Waals surface area contributed by atoms with Crippen LogP contribution in [-0.4, -0.2) is 24.8 Å². The van der Waals surface area contributed by atoms with E-state index in [0.717, 1.165) is 12.1 Å². The molecular weight excluding hydrogens is 346 g/mol. The number of hydrogen-bond donors (Lipinski definition) is 1. The van der Waals surface area contributed by atoms with E-state index in [0.29, 0.717) is 5.56 Å². The molecule has 0 spiro atoms. The van der Waals surface area contributed by atoms with E-state index in [1.165, 1.54) is 12.1 Å². The van der Waals surface area contributed by atoms with Crippen molar-refractivity contribution in [1.29, 1.82) is 0 Å². The Balaban J connectivity index is 3.20. The zero-order valence-corrected chi connectivity index (χ0v) is 11.9. The maximum absolute atomic E-state index is 13.2. The number of aryl methyl sites for hydroxylation is 1. The highest BCUT2D eigenvalue weighted by molar-refractivity contribution is 7.88. The van der Waals surface area contributed by atoms with Crippen LogP contribution in [0.25, 0.3) is 0 Å². The third-order valence-electron chi connectivity index (χ3n) is 2.28. The third kappa shape index (κ3) is 3.23. The molecule has 0 fully saturated rings. The average molecular weight is 354 g/mol. The third-order valence-corrected chi connectivity index (χ3v) is 3.86. The normalized spacial score (nSPS) is 14.1. The Morgan fingerprint density at radius 2 is 1.43 bits per heavy atom. The molecule has 0 radical (unpaired) electrons. The SMILES string of the molecule is Cc1ccc(OS(=O)(=O)C(F)(F)C(F)(F)C(F)(F)S)cc1. The van der Waals surface area contributed by atoms with Crippen LogP contribution in [0.5, 0.6) is 5.75 Å². The van der Waals surface area contributed by atoms with Gasteiger partial charge in [0.2, 0.25) is 0 Å². The van der Waals surface area contributed by atoms with Crippen molar-refractivity contribution in [2.75, 3.05) is 0 Å². The van der Waals surface area contributed by atoms with Gasteiger partial charge in [-0.2, -0.15) is 34.8 Å². The molecule has 120 valence electrons. The van der Waals surface area contributed by atoms with Crippen LogP contribution < -0.4 is 4.18 Å². The topological polar surface area (TPSA) is 43.4 Å². The van der Waals surface area contributed by atoms with Gasteiger partial charge in [0.25, 0.3) is 0 Å². The van der Waals surface area contributed by atoms with Gasteiger partial charge in [-0.25, -0.2) is 0 Å². The quantitative estimate of drug-likeness (QED) is 0.500. The van der Waals surface area contributed by atoms with E-state index in [1.807, 2.05) is 12.6 Å². The maximum atomic E-state index is 13.2. The molecule has 0 saturated carbocycles. The highest BCUT2D eigenvalue weighted by Gasteiger charge is 2.77. The van der Waals surface area contributed by atoms with Crippen molar-refractivity contribution in [2.45, 2.75) is 23.4 Å². The monoisotopic (exact) mass is 354 g/mol. The Hall–Kier alpha value is -1.10. The molecule has 0 amide bonds. The van der Waals surface area contributed by atoms with Gasteiger partial charge in [0.05, 0.1) is 0 Å². The number of rotatable bonds is 5. The first-order valence-electron chi connectivity index (χ1n) is 5.09. The van der Waals surface area contributed by atoms with Crippen LogP contribution in [0.2, 0.25) is 0 Å². The van der Waals surface area contributed by atoms with E-state index in [9.17, 15) is 34.8 Å². The van der Waals surface area contributed by atoms with Crippen LogP contribution in [0.3, 0.4) is 0 Å². The Morgan fingerprint density at radius 1 is 1.00 bits per heavy atom. The molecule has 0 aliphatic heterocycles. The summed E-state index contributed by atoms with van der Waals surface area (Å²) in [5.41, 5.74) is 0.596. The van der Waals surface area contributed by atoms with Gasteiger partial charge in [0, 0.05) is 0 Å². The first-order chi connectivity index (χ1) is 9.22. The van der Waals surface area contributed by atoms with Crippen molar-refractivity contribution in [1.82, 2.24) is 0 Å². The summed E-state index contributed by atoms with van der Waals surface area (Å²) in [6.45, 7) is 1.57. The first kappa shape index (κ1) is 18.0. The maximum Gasteiger partial charge on any atom is 0.450 e. The van der Waals surface area contributed by atoms with E-state index in [-0.39, 0.29) is 0 Å². The predicted molar refractivity (Wildman–Crippen MR) is 64.6 cm³/mol. The molecular formula is C10H8F6O3S2. The minimum absolute atomic E-state index is 0.596. The van der Waals surface area contributed by atoms with Crippen LogP contribution in [0.15, 0.2) is 24.3 Å². The molecule has 21 heavy (non-hydrogen) atoms. The van der Waals surface area contributed by atoms with E-state index < -0.39 is 32.3 Å². The molecule has 3 nitrogen and oxygen atoms in total. The Bertz CT molecular complexity index is 607. The van der Waals surface area contributed by atoms with Gasteiger partial charge in [0.1, 0.15) is 5.75 Å². The highest BCUT2D eigenvalue weighted by atomic mass is 32.2. The second-order valence-electron chi connectivity index (χ2n) is 3.98. The first-order valence-corrected chi connectivity index (χ1v) is 6.94. The van der Waals surface area contributed by atoms with Crippen LogP contribution in [0.4, 0.5) is 26.3 Å². The van der Waals surface area contributed by atoms with Gasteiger partial charge in [0.15, 0.2) is 0 Å². The fourth-order valence-electron chi connectivity index (χ4n) is 1.10. The second-order valence-corrected chi connectivity index (χ2v) is 6.13. The standard InChI is InChI=1S/C10H8F6O3S2/c1-6-2-4-7(5-3-6)19-21(17,18)10(15,16)8(11,12)9(13,14)20/h2-5,20H,1H3. The molecule has 0 aliphatic rings. The minimum Gasteiger partial charge on any atom is -0.378 e. The van der Waals surface area contributed by atoms with Crippen LogP contribution in [-0.2, 0) is 10.1 Å². The number of thiol groups is 1. The van der Waals surface area contributed by atoms with E-state index >= 15 is 0 Å². The molecule has 0 aromatic heterocycles. The molecule has 1 aromatic rings. The largest absolute Gasteiger partial charge is 0.450 e. The molecule has 0 atom stereocenters. The molecule has 1 aromatic carbocycles.